The van der Waals surface area contributed by atoms with Gasteiger partial charge in [0.25, 0.3) is 5.91 Å². The van der Waals surface area contributed by atoms with Crippen molar-refractivity contribution in [3.63, 3.8) is 0 Å². The molecule has 5 nitrogen and oxygen atoms in total. The molecular weight excluding hydrogens is 386 g/mol. The zero-order valence-electron chi connectivity index (χ0n) is 13.4. The number of aromatic amines is 1. The Morgan fingerprint density at radius 3 is 2.85 bits per heavy atom. The third kappa shape index (κ3) is 3.31. The summed E-state index contributed by atoms with van der Waals surface area (Å²) in [5.41, 5.74) is 9.28. The van der Waals surface area contributed by atoms with E-state index in [-0.39, 0.29) is 18.2 Å². The van der Waals surface area contributed by atoms with Gasteiger partial charge in [0.2, 0.25) is 5.91 Å². The van der Waals surface area contributed by atoms with Crippen molar-refractivity contribution in [3.05, 3.63) is 51.2 Å². The maximum absolute atomic E-state index is 11.8. The van der Waals surface area contributed by atoms with Crippen molar-refractivity contribution in [2.45, 2.75) is 6.42 Å². The number of aromatic nitrogens is 1. The molecule has 0 atom stereocenters. The number of amides is 2. The lowest BCUT2D eigenvalue weighted by Crippen LogP contribution is -2.17. The summed E-state index contributed by atoms with van der Waals surface area (Å²) in [5.74, 6) is -0.509. The number of fused-ring (bicyclic) bond motifs is 1. The molecule has 1 aliphatic heterocycles. The smallest absolute Gasteiger partial charge is 0.263 e. The van der Waals surface area contributed by atoms with Crippen molar-refractivity contribution in [2.75, 3.05) is 0 Å². The number of primary amides is 1. The van der Waals surface area contributed by atoms with E-state index in [1.54, 1.807) is 11.3 Å². The van der Waals surface area contributed by atoms with E-state index in [9.17, 15) is 9.59 Å². The number of benzene rings is 1. The largest absolute Gasteiger partial charge is 0.369 e. The number of nitrogens with one attached hydrogen (secondary N) is 2. The molecule has 1 aliphatic rings. The monoisotopic (exact) mass is 399 g/mol. The summed E-state index contributed by atoms with van der Waals surface area (Å²) in [6.45, 7) is 0. The number of hydrogen-bond donors (Lipinski definition) is 3. The Hall–Kier alpha value is -2.42. The Kier molecular flexibility index (Phi) is 4.39. The molecule has 2 amide bonds. The number of thioether (sulfide) groups is 1. The van der Waals surface area contributed by atoms with E-state index in [0.717, 1.165) is 32.5 Å². The molecule has 0 unspecified atom stereocenters. The average Bonchev–Trinajstić information content (AvgIpc) is 3.28. The van der Waals surface area contributed by atoms with Crippen molar-refractivity contribution in [1.29, 1.82) is 0 Å². The van der Waals surface area contributed by atoms with Crippen LogP contribution in [0.3, 0.4) is 0 Å². The topological polar surface area (TPSA) is 88.0 Å². The van der Waals surface area contributed by atoms with Crippen LogP contribution in [0.2, 0.25) is 0 Å². The second-order valence-electron chi connectivity index (χ2n) is 5.81. The summed E-state index contributed by atoms with van der Waals surface area (Å²) in [7, 11) is 0. The first-order valence-corrected chi connectivity index (χ1v) is 9.82. The average molecular weight is 400 g/mol. The fourth-order valence-electron chi connectivity index (χ4n) is 2.82. The number of thiophene rings is 1. The van der Waals surface area contributed by atoms with Gasteiger partial charge in [0, 0.05) is 22.0 Å². The number of H-pyrrole nitrogens is 1. The van der Waals surface area contributed by atoms with E-state index in [2.05, 4.69) is 16.4 Å². The van der Waals surface area contributed by atoms with Crippen molar-refractivity contribution in [2.24, 2.45) is 5.73 Å². The number of carbonyl (C=O) groups is 2. The van der Waals surface area contributed by atoms with Crippen molar-refractivity contribution >= 4 is 68.4 Å². The normalized spacial score (nSPS) is 15.8. The van der Waals surface area contributed by atoms with E-state index >= 15 is 0 Å². The van der Waals surface area contributed by atoms with Crippen LogP contribution in [0.1, 0.15) is 10.4 Å². The molecule has 0 radical (unpaired) electrons. The number of hydrogen-bond acceptors (Lipinski definition) is 5. The summed E-state index contributed by atoms with van der Waals surface area (Å²) < 4.78 is 0.484. The molecule has 4 rings (SSSR count). The third-order valence-corrected chi connectivity index (χ3v) is 6.04. The van der Waals surface area contributed by atoms with Crippen LogP contribution < -0.4 is 11.1 Å². The molecular formula is C18H13N3O2S3. The summed E-state index contributed by atoms with van der Waals surface area (Å²) in [5, 5.41) is 5.65. The Balaban J connectivity index is 1.67. The second-order valence-corrected chi connectivity index (χ2v) is 8.47. The molecule has 8 heteroatoms. The van der Waals surface area contributed by atoms with Gasteiger partial charge in [-0.05, 0) is 46.3 Å². The minimum atomic E-state index is -0.356. The molecule has 3 aromatic rings. The highest BCUT2D eigenvalue weighted by atomic mass is 32.2. The molecule has 1 fully saturated rings. The van der Waals surface area contributed by atoms with Gasteiger partial charge in [-0.1, -0.05) is 30.0 Å². The van der Waals surface area contributed by atoms with Crippen LogP contribution in [-0.2, 0) is 16.0 Å². The zero-order chi connectivity index (χ0) is 18.3. The number of thiocarbonyl (C=S) groups is 1. The Morgan fingerprint density at radius 1 is 1.27 bits per heavy atom. The minimum absolute atomic E-state index is 0.153. The van der Waals surface area contributed by atoms with Gasteiger partial charge in [-0.3, -0.25) is 9.59 Å². The van der Waals surface area contributed by atoms with Gasteiger partial charge in [0.05, 0.1) is 11.3 Å². The van der Waals surface area contributed by atoms with Gasteiger partial charge in [-0.25, -0.2) is 0 Å². The van der Waals surface area contributed by atoms with Crippen LogP contribution in [0.15, 0.2) is 40.7 Å². The molecule has 0 saturated carbocycles. The molecule has 1 aromatic carbocycles. The van der Waals surface area contributed by atoms with E-state index < -0.39 is 0 Å². The Labute approximate surface area is 162 Å². The lowest BCUT2D eigenvalue weighted by atomic mass is 10.0. The molecule has 0 spiro atoms. The Bertz CT molecular complexity index is 1090. The van der Waals surface area contributed by atoms with E-state index in [1.807, 2.05) is 35.9 Å². The molecule has 1 saturated heterocycles. The van der Waals surface area contributed by atoms with Crippen LogP contribution >= 0.6 is 35.3 Å². The second kappa shape index (κ2) is 6.71. The van der Waals surface area contributed by atoms with Crippen molar-refractivity contribution in [3.8, 4) is 11.1 Å². The molecule has 2 aromatic heterocycles. The molecule has 130 valence electrons. The van der Waals surface area contributed by atoms with Crippen LogP contribution in [-0.4, -0.2) is 21.1 Å². The maximum atomic E-state index is 11.8. The summed E-state index contributed by atoms with van der Waals surface area (Å²) in [4.78, 5) is 27.8. The van der Waals surface area contributed by atoms with Crippen LogP contribution in [0.4, 0.5) is 0 Å². The number of carbonyl (C=O) groups excluding carboxylic acids is 2. The first-order chi connectivity index (χ1) is 12.5. The van der Waals surface area contributed by atoms with Gasteiger partial charge in [-0.15, -0.1) is 11.3 Å². The number of rotatable bonds is 4. The highest BCUT2D eigenvalue weighted by Gasteiger charge is 2.22. The molecule has 0 aliphatic carbocycles. The maximum Gasteiger partial charge on any atom is 0.263 e. The summed E-state index contributed by atoms with van der Waals surface area (Å²) in [6, 6.07) is 8.10. The highest BCUT2D eigenvalue weighted by Crippen LogP contribution is 2.33. The highest BCUT2D eigenvalue weighted by molar-refractivity contribution is 8.26. The first-order valence-electron chi connectivity index (χ1n) is 7.71. The fourth-order valence-corrected chi connectivity index (χ4v) is 4.78. The SMILES string of the molecule is NC(=O)Cc1c[nH]c2ccc(-c3csc(C=C4SC(=S)NC4=O)c3)cc12. The molecule has 3 heterocycles. The van der Waals surface area contributed by atoms with Crippen LogP contribution in [0.5, 0.6) is 0 Å². The predicted molar refractivity (Wildman–Crippen MR) is 111 cm³/mol. The fraction of sp³-hybridized carbons (Fsp3) is 0.0556. The lowest BCUT2D eigenvalue weighted by Gasteiger charge is -2.00. The van der Waals surface area contributed by atoms with E-state index in [1.165, 1.54) is 11.8 Å². The van der Waals surface area contributed by atoms with Gasteiger partial charge in [0.15, 0.2) is 0 Å². The lowest BCUT2D eigenvalue weighted by molar-refractivity contribution is -0.117. The molecule has 4 N–H and O–H groups in total. The Morgan fingerprint density at radius 2 is 2.12 bits per heavy atom. The number of nitrogens with two attached hydrogens (primary N) is 1. The van der Waals surface area contributed by atoms with Gasteiger partial charge < -0.3 is 16.0 Å². The molecule has 26 heavy (non-hydrogen) atoms. The quantitative estimate of drug-likeness (QED) is 0.463. The van der Waals surface area contributed by atoms with Gasteiger partial charge in [0.1, 0.15) is 4.32 Å². The predicted octanol–water partition coefficient (Wildman–Crippen LogP) is 3.41. The van der Waals surface area contributed by atoms with Gasteiger partial charge in [-0.2, -0.15) is 0 Å². The van der Waals surface area contributed by atoms with Crippen molar-refractivity contribution in [1.82, 2.24) is 10.3 Å². The third-order valence-electron chi connectivity index (χ3n) is 4.00. The first kappa shape index (κ1) is 17.0. The zero-order valence-corrected chi connectivity index (χ0v) is 15.8. The molecule has 0 bridgehead atoms. The van der Waals surface area contributed by atoms with E-state index in [0.29, 0.717) is 9.23 Å². The van der Waals surface area contributed by atoms with E-state index in [4.69, 9.17) is 18.0 Å². The standard InChI is InChI=1S/C18H13N3O2S3/c19-16(22)5-10-7-20-14-2-1-9(4-13(10)14)11-3-12(25-8-11)6-15-17(23)21-18(24)26-15/h1-4,6-8,20H,5H2,(H2,19,22)(H,21,23,24). The minimum Gasteiger partial charge on any atom is -0.369 e. The van der Waals surface area contributed by atoms with Gasteiger partial charge >= 0.3 is 0 Å². The summed E-state index contributed by atoms with van der Waals surface area (Å²) in [6.07, 6.45) is 3.87. The van der Waals surface area contributed by atoms with Crippen LogP contribution in [0.25, 0.3) is 28.1 Å². The van der Waals surface area contributed by atoms with Crippen molar-refractivity contribution < 1.29 is 9.59 Å². The summed E-state index contributed by atoms with van der Waals surface area (Å²) >= 11 is 7.84. The van der Waals surface area contributed by atoms with Crippen LogP contribution in [0, 0.1) is 0 Å².